The zero-order valence-electron chi connectivity index (χ0n) is 11.2. The molecule has 2 rings (SSSR count). The quantitative estimate of drug-likeness (QED) is 0.814. The molecule has 6 nitrogen and oxygen atoms in total. The minimum atomic E-state index is -0.0146. The fraction of sp³-hybridized carbons (Fsp3) is 0.417. The van der Waals surface area contributed by atoms with Crippen molar-refractivity contribution < 1.29 is 4.79 Å². The number of hydrogen-bond acceptors (Lipinski definition) is 7. The van der Waals surface area contributed by atoms with E-state index >= 15 is 0 Å². The number of carbonyl (C=O) groups is 1. The van der Waals surface area contributed by atoms with Crippen molar-refractivity contribution in [2.75, 3.05) is 5.75 Å². The van der Waals surface area contributed by atoms with Gasteiger partial charge in [0.05, 0.1) is 11.4 Å². The van der Waals surface area contributed by atoms with Crippen molar-refractivity contribution >= 4 is 29.0 Å². The van der Waals surface area contributed by atoms with Crippen LogP contribution in [0.15, 0.2) is 22.9 Å². The molecule has 0 saturated carbocycles. The molecule has 0 saturated heterocycles. The van der Waals surface area contributed by atoms with Crippen LogP contribution in [0, 0.1) is 6.92 Å². The first-order chi connectivity index (χ1) is 9.63. The summed E-state index contributed by atoms with van der Waals surface area (Å²) >= 11 is 2.90. The van der Waals surface area contributed by atoms with Gasteiger partial charge < -0.3 is 5.32 Å². The smallest absolute Gasteiger partial charge is 0.230 e. The van der Waals surface area contributed by atoms with E-state index in [0.29, 0.717) is 12.2 Å². The van der Waals surface area contributed by atoms with Crippen LogP contribution in [0.2, 0.25) is 0 Å². The average molecular weight is 309 g/mol. The van der Waals surface area contributed by atoms with E-state index in [0.717, 1.165) is 15.0 Å². The lowest BCUT2D eigenvalue weighted by Crippen LogP contribution is -2.35. The first-order valence-electron chi connectivity index (χ1n) is 6.10. The van der Waals surface area contributed by atoms with Crippen molar-refractivity contribution in [3.63, 3.8) is 0 Å². The van der Waals surface area contributed by atoms with E-state index in [-0.39, 0.29) is 11.9 Å². The zero-order valence-corrected chi connectivity index (χ0v) is 12.9. The van der Waals surface area contributed by atoms with Crippen molar-refractivity contribution in [1.29, 1.82) is 0 Å². The molecule has 8 heteroatoms. The summed E-state index contributed by atoms with van der Waals surface area (Å²) in [5, 5.41) is 11.7. The second kappa shape index (κ2) is 7.30. The molecule has 1 N–H and O–H groups in total. The number of thioether (sulfide) groups is 1. The highest BCUT2D eigenvalue weighted by Gasteiger charge is 2.10. The molecule has 0 aliphatic carbocycles. The molecule has 106 valence electrons. The third kappa shape index (κ3) is 4.86. The van der Waals surface area contributed by atoms with Crippen LogP contribution < -0.4 is 5.32 Å². The lowest BCUT2D eigenvalue weighted by atomic mass is 10.2. The third-order valence-electron chi connectivity index (χ3n) is 2.37. The van der Waals surface area contributed by atoms with Crippen LogP contribution in [-0.2, 0) is 11.2 Å². The molecule has 20 heavy (non-hydrogen) atoms. The van der Waals surface area contributed by atoms with Crippen LogP contribution in [0.1, 0.15) is 17.6 Å². The molecule has 0 fully saturated rings. The van der Waals surface area contributed by atoms with Crippen LogP contribution in [0.3, 0.4) is 0 Å². The third-order valence-corrected chi connectivity index (χ3v) is 4.35. The molecule has 0 bridgehead atoms. The number of carbonyl (C=O) groups excluding carboxylic acids is 1. The minimum Gasteiger partial charge on any atom is -0.353 e. The first kappa shape index (κ1) is 14.9. The van der Waals surface area contributed by atoms with Gasteiger partial charge in [-0.05, 0) is 13.8 Å². The van der Waals surface area contributed by atoms with Gasteiger partial charge in [-0.1, -0.05) is 23.1 Å². The van der Waals surface area contributed by atoms with Gasteiger partial charge >= 0.3 is 0 Å². The minimum absolute atomic E-state index is 0.0146. The largest absolute Gasteiger partial charge is 0.353 e. The maximum absolute atomic E-state index is 11.8. The fourth-order valence-electron chi connectivity index (χ4n) is 1.58. The second-order valence-corrected chi connectivity index (χ2v) is 6.65. The molecule has 2 heterocycles. The molecular weight excluding hydrogens is 294 g/mol. The highest BCUT2D eigenvalue weighted by Crippen LogP contribution is 2.21. The van der Waals surface area contributed by atoms with E-state index in [1.807, 2.05) is 13.8 Å². The van der Waals surface area contributed by atoms with Crippen LogP contribution >= 0.6 is 23.1 Å². The van der Waals surface area contributed by atoms with Crippen molar-refractivity contribution in [3.05, 3.63) is 29.3 Å². The second-order valence-electron chi connectivity index (χ2n) is 4.25. The predicted octanol–water partition coefficient (Wildman–Crippen LogP) is 1.48. The van der Waals surface area contributed by atoms with Crippen molar-refractivity contribution in [2.45, 2.75) is 30.6 Å². The van der Waals surface area contributed by atoms with Gasteiger partial charge in [-0.2, -0.15) is 0 Å². The highest BCUT2D eigenvalue weighted by molar-refractivity contribution is 8.01. The molecule has 1 atom stereocenters. The molecule has 2 aromatic heterocycles. The lowest BCUT2D eigenvalue weighted by Gasteiger charge is -2.12. The van der Waals surface area contributed by atoms with Gasteiger partial charge in [0.15, 0.2) is 4.34 Å². The number of aryl methyl sites for hydroxylation is 1. The molecule has 0 aromatic carbocycles. The number of aromatic nitrogens is 4. The monoisotopic (exact) mass is 309 g/mol. The number of nitrogens with zero attached hydrogens (tertiary/aromatic N) is 4. The van der Waals surface area contributed by atoms with E-state index < -0.39 is 0 Å². The SMILES string of the molecule is Cc1nnc(SCC(=O)N[C@@H](C)Cc2cnccn2)s1. The van der Waals surface area contributed by atoms with Gasteiger partial charge in [-0.15, -0.1) is 10.2 Å². The molecule has 0 spiro atoms. The number of hydrogen-bond donors (Lipinski definition) is 1. The highest BCUT2D eigenvalue weighted by atomic mass is 32.2. The molecular formula is C12H15N5OS2. The number of rotatable bonds is 6. The van der Waals surface area contributed by atoms with Gasteiger partial charge in [0.25, 0.3) is 0 Å². The van der Waals surface area contributed by atoms with Crippen molar-refractivity contribution in [1.82, 2.24) is 25.5 Å². The molecule has 2 aromatic rings. The molecule has 0 aliphatic heterocycles. The Morgan fingerprint density at radius 3 is 2.95 bits per heavy atom. The van der Waals surface area contributed by atoms with Gasteiger partial charge in [0.2, 0.25) is 5.91 Å². The van der Waals surface area contributed by atoms with Gasteiger partial charge in [0.1, 0.15) is 5.01 Å². The topological polar surface area (TPSA) is 80.7 Å². The Bertz CT molecular complexity index is 560. The fourth-order valence-corrected chi connectivity index (χ4v) is 3.21. The van der Waals surface area contributed by atoms with Gasteiger partial charge in [-0.3, -0.25) is 14.8 Å². The molecule has 0 unspecified atom stereocenters. The average Bonchev–Trinajstić information content (AvgIpc) is 2.83. The normalized spacial score (nSPS) is 12.1. The molecule has 0 radical (unpaired) electrons. The van der Waals surface area contributed by atoms with Crippen LogP contribution in [0.5, 0.6) is 0 Å². The lowest BCUT2D eigenvalue weighted by molar-refractivity contribution is -0.119. The Kier molecular flexibility index (Phi) is 5.42. The first-order valence-corrected chi connectivity index (χ1v) is 7.91. The Balaban J connectivity index is 1.73. The Morgan fingerprint density at radius 2 is 2.30 bits per heavy atom. The summed E-state index contributed by atoms with van der Waals surface area (Å²) in [5.74, 6) is 0.332. The maximum atomic E-state index is 11.8. The van der Waals surface area contributed by atoms with Crippen molar-refractivity contribution in [3.8, 4) is 0 Å². The summed E-state index contributed by atoms with van der Waals surface area (Å²) in [5.41, 5.74) is 0.868. The summed E-state index contributed by atoms with van der Waals surface area (Å²) in [6.45, 7) is 3.84. The van der Waals surface area contributed by atoms with Crippen molar-refractivity contribution in [2.24, 2.45) is 0 Å². The molecule has 0 aliphatic rings. The Hall–Kier alpha value is -1.54. The van der Waals surface area contributed by atoms with E-state index in [1.54, 1.807) is 18.6 Å². The van der Waals surface area contributed by atoms with Crippen LogP contribution in [0.25, 0.3) is 0 Å². The molecule has 1 amide bonds. The van der Waals surface area contributed by atoms with E-state index in [4.69, 9.17) is 0 Å². The summed E-state index contributed by atoms with van der Waals surface area (Å²) < 4.78 is 0.819. The zero-order chi connectivity index (χ0) is 14.4. The van der Waals surface area contributed by atoms with E-state index in [9.17, 15) is 4.79 Å². The standard InChI is InChI=1S/C12H15N5OS2/c1-8(5-10-6-13-3-4-14-10)15-11(18)7-19-12-17-16-9(2)20-12/h3-4,6,8H,5,7H2,1-2H3,(H,15,18)/t8-/m0/s1. The maximum Gasteiger partial charge on any atom is 0.230 e. The van der Waals surface area contributed by atoms with E-state index in [1.165, 1.54) is 23.1 Å². The summed E-state index contributed by atoms with van der Waals surface area (Å²) in [6.07, 6.45) is 5.66. The predicted molar refractivity (Wildman–Crippen MR) is 78.7 cm³/mol. The van der Waals surface area contributed by atoms with E-state index in [2.05, 4.69) is 25.5 Å². The summed E-state index contributed by atoms with van der Waals surface area (Å²) in [6, 6.07) is 0.0240. The van der Waals surface area contributed by atoms with Gasteiger partial charge in [-0.25, -0.2) is 0 Å². The van der Waals surface area contributed by atoms with Crippen LogP contribution in [0.4, 0.5) is 0 Å². The Morgan fingerprint density at radius 1 is 1.45 bits per heavy atom. The summed E-state index contributed by atoms with van der Waals surface area (Å²) in [7, 11) is 0. The number of nitrogens with one attached hydrogen (secondary N) is 1. The number of amides is 1. The Labute approximate surface area is 125 Å². The van der Waals surface area contributed by atoms with Gasteiger partial charge in [0, 0.05) is 31.1 Å². The summed E-state index contributed by atoms with van der Waals surface area (Å²) in [4.78, 5) is 20.0. The van der Waals surface area contributed by atoms with Crippen LogP contribution in [-0.4, -0.2) is 37.9 Å².